The number of aryl methyl sites for hydroxylation is 1. The summed E-state index contributed by atoms with van der Waals surface area (Å²) in [6, 6.07) is 5.99. The minimum Gasteiger partial charge on any atom is -0.316 e. The molecular formula is C14H21BrClN. The zero-order chi connectivity index (χ0) is 12.7. The number of benzene rings is 1. The molecule has 0 unspecified atom stereocenters. The summed E-state index contributed by atoms with van der Waals surface area (Å²) in [5.41, 5.74) is 1.31. The molecule has 0 saturated heterocycles. The van der Waals surface area contributed by atoms with E-state index < -0.39 is 0 Å². The molecule has 96 valence electrons. The Bertz CT molecular complexity index is 339. The lowest BCUT2D eigenvalue weighted by Gasteiger charge is -2.08. The lowest BCUT2D eigenvalue weighted by Crippen LogP contribution is -2.20. The van der Waals surface area contributed by atoms with Gasteiger partial charge in [-0.3, -0.25) is 0 Å². The molecule has 1 aromatic carbocycles. The number of unbranched alkanes of at least 4 members (excludes halogenated alkanes) is 1. The highest BCUT2D eigenvalue weighted by Crippen LogP contribution is 2.22. The van der Waals surface area contributed by atoms with Crippen molar-refractivity contribution in [1.29, 1.82) is 0 Å². The maximum absolute atomic E-state index is 5.98. The molecule has 0 aliphatic heterocycles. The van der Waals surface area contributed by atoms with Crippen molar-refractivity contribution in [3.05, 3.63) is 33.3 Å². The average Bonchev–Trinajstić information content (AvgIpc) is 2.27. The Morgan fingerprint density at radius 2 is 2.06 bits per heavy atom. The first kappa shape index (κ1) is 15.0. The van der Waals surface area contributed by atoms with E-state index in [2.05, 4.69) is 35.1 Å². The van der Waals surface area contributed by atoms with Crippen LogP contribution in [0.5, 0.6) is 0 Å². The van der Waals surface area contributed by atoms with Crippen molar-refractivity contribution in [1.82, 2.24) is 5.32 Å². The highest BCUT2D eigenvalue weighted by molar-refractivity contribution is 9.10. The van der Waals surface area contributed by atoms with Crippen LogP contribution in [-0.4, -0.2) is 13.1 Å². The van der Waals surface area contributed by atoms with E-state index in [4.69, 9.17) is 11.6 Å². The van der Waals surface area contributed by atoms with Crippen molar-refractivity contribution < 1.29 is 0 Å². The predicted molar refractivity (Wildman–Crippen MR) is 79.8 cm³/mol. The second-order valence-electron chi connectivity index (χ2n) is 4.79. The van der Waals surface area contributed by atoms with Crippen LogP contribution in [0, 0.1) is 5.92 Å². The Hall–Kier alpha value is -0.0500. The van der Waals surface area contributed by atoms with Crippen LogP contribution in [-0.2, 0) is 6.42 Å². The molecule has 0 aliphatic carbocycles. The van der Waals surface area contributed by atoms with Gasteiger partial charge >= 0.3 is 0 Å². The normalized spacial score (nSPS) is 11.1. The summed E-state index contributed by atoms with van der Waals surface area (Å²) in [5, 5.41) is 4.28. The molecule has 1 N–H and O–H groups in total. The number of halogens is 2. The van der Waals surface area contributed by atoms with Gasteiger partial charge < -0.3 is 5.32 Å². The topological polar surface area (TPSA) is 12.0 Å². The number of nitrogens with one attached hydrogen (secondary N) is 1. The zero-order valence-electron chi connectivity index (χ0n) is 10.6. The second kappa shape index (κ2) is 8.12. The van der Waals surface area contributed by atoms with Gasteiger partial charge in [-0.05, 0) is 62.0 Å². The third kappa shape index (κ3) is 6.44. The Labute approximate surface area is 118 Å². The number of hydrogen-bond donors (Lipinski definition) is 1. The zero-order valence-corrected chi connectivity index (χ0v) is 12.9. The monoisotopic (exact) mass is 317 g/mol. The van der Waals surface area contributed by atoms with Crippen LogP contribution in [0.2, 0.25) is 5.02 Å². The van der Waals surface area contributed by atoms with Crippen LogP contribution in [0.3, 0.4) is 0 Å². The van der Waals surface area contributed by atoms with Crippen LogP contribution >= 0.6 is 27.5 Å². The Kier molecular flexibility index (Phi) is 7.17. The highest BCUT2D eigenvalue weighted by Gasteiger charge is 2.01. The largest absolute Gasteiger partial charge is 0.316 e. The van der Waals surface area contributed by atoms with Gasteiger partial charge in [0.1, 0.15) is 0 Å². The molecule has 0 saturated carbocycles. The van der Waals surface area contributed by atoms with Gasteiger partial charge in [-0.2, -0.15) is 0 Å². The summed E-state index contributed by atoms with van der Waals surface area (Å²) < 4.78 is 1.16. The fourth-order valence-electron chi connectivity index (χ4n) is 1.69. The van der Waals surface area contributed by atoms with Crippen LogP contribution in [0.15, 0.2) is 22.7 Å². The van der Waals surface area contributed by atoms with Gasteiger partial charge in [-0.25, -0.2) is 0 Å². The number of rotatable bonds is 7. The first-order valence-electron chi connectivity index (χ1n) is 6.24. The molecule has 0 spiro atoms. The first-order valence-corrected chi connectivity index (χ1v) is 7.41. The van der Waals surface area contributed by atoms with Crippen molar-refractivity contribution >= 4 is 27.5 Å². The van der Waals surface area contributed by atoms with Gasteiger partial charge in [0.15, 0.2) is 0 Å². The van der Waals surface area contributed by atoms with Crippen LogP contribution in [0.1, 0.15) is 32.3 Å². The predicted octanol–water partition coefficient (Wildman–Crippen LogP) is 4.67. The fraction of sp³-hybridized carbons (Fsp3) is 0.571. The molecule has 1 nitrogen and oxygen atoms in total. The maximum atomic E-state index is 5.98. The van der Waals surface area contributed by atoms with Gasteiger partial charge in [-0.15, -0.1) is 0 Å². The van der Waals surface area contributed by atoms with E-state index in [0.717, 1.165) is 34.9 Å². The SMILES string of the molecule is CC(C)CNCCCCc1cc(Cl)ccc1Br. The van der Waals surface area contributed by atoms with E-state index >= 15 is 0 Å². The molecule has 0 radical (unpaired) electrons. The van der Waals surface area contributed by atoms with Gasteiger partial charge in [-0.1, -0.05) is 41.4 Å². The molecule has 0 bridgehead atoms. The lowest BCUT2D eigenvalue weighted by molar-refractivity contribution is 0.535. The van der Waals surface area contributed by atoms with Crippen molar-refractivity contribution in [3.8, 4) is 0 Å². The Morgan fingerprint density at radius 3 is 2.76 bits per heavy atom. The lowest BCUT2D eigenvalue weighted by atomic mass is 10.1. The average molecular weight is 319 g/mol. The standard InChI is InChI=1S/C14H21BrClN/c1-11(2)10-17-8-4-3-5-12-9-13(16)6-7-14(12)15/h6-7,9,11,17H,3-5,8,10H2,1-2H3. The maximum Gasteiger partial charge on any atom is 0.0409 e. The van der Waals surface area contributed by atoms with Crippen LogP contribution < -0.4 is 5.32 Å². The molecule has 0 aromatic heterocycles. The molecule has 17 heavy (non-hydrogen) atoms. The number of hydrogen-bond acceptors (Lipinski definition) is 1. The molecule has 0 atom stereocenters. The van der Waals surface area contributed by atoms with Crippen molar-refractivity contribution in [2.24, 2.45) is 5.92 Å². The third-order valence-corrected chi connectivity index (χ3v) is 3.62. The van der Waals surface area contributed by atoms with Crippen molar-refractivity contribution in [3.63, 3.8) is 0 Å². The van der Waals surface area contributed by atoms with Gasteiger partial charge in [0.05, 0.1) is 0 Å². The third-order valence-electron chi connectivity index (χ3n) is 2.61. The van der Waals surface area contributed by atoms with E-state index in [1.807, 2.05) is 18.2 Å². The minimum absolute atomic E-state index is 0.733. The van der Waals surface area contributed by atoms with E-state index in [9.17, 15) is 0 Å². The smallest absolute Gasteiger partial charge is 0.0409 e. The summed E-state index contributed by atoms with van der Waals surface area (Å²) in [4.78, 5) is 0. The molecule has 0 fully saturated rings. The van der Waals surface area contributed by atoms with Crippen molar-refractivity contribution in [2.75, 3.05) is 13.1 Å². The van der Waals surface area contributed by atoms with E-state index in [-0.39, 0.29) is 0 Å². The molecular weight excluding hydrogens is 298 g/mol. The van der Waals surface area contributed by atoms with Crippen molar-refractivity contribution in [2.45, 2.75) is 33.1 Å². The highest BCUT2D eigenvalue weighted by atomic mass is 79.9. The molecule has 3 heteroatoms. The molecule has 1 aromatic rings. The fourth-order valence-corrected chi connectivity index (χ4v) is 2.33. The van der Waals surface area contributed by atoms with Gasteiger partial charge in [0, 0.05) is 9.50 Å². The second-order valence-corrected chi connectivity index (χ2v) is 6.08. The Balaban J connectivity index is 2.20. The molecule has 0 heterocycles. The molecule has 0 amide bonds. The van der Waals surface area contributed by atoms with E-state index in [0.29, 0.717) is 0 Å². The van der Waals surface area contributed by atoms with Crippen LogP contribution in [0.4, 0.5) is 0 Å². The molecule has 0 aliphatic rings. The van der Waals surface area contributed by atoms with E-state index in [1.165, 1.54) is 18.4 Å². The summed E-state index contributed by atoms with van der Waals surface area (Å²) in [6.07, 6.45) is 3.50. The summed E-state index contributed by atoms with van der Waals surface area (Å²) in [5.74, 6) is 0.733. The first-order chi connectivity index (χ1) is 8.09. The summed E-state index contributed by atoms with van der Waals surface area (Å²) in [6.45, 7) is 6.68. The minimum atomic E-state index is 0.733. The van der Waals surface area contributed by atoms with Crippen LogP contribution in [0.25, 0.3) is 0 Å². The molecule has 1 rings (SSSR count). The quantitative estimate of drug-likeness (QED) is 0.720. The van der Waals surface area contributed by atoms with E-state index in [1.54, 1.807) is 0 Å². The summed E-state index contributed by atoms with van der Waals surface area (Å²) >= 11 is 9.54. The van der Waals surface area contributed by atoms with Gasteiger partial charge in [0.2, 0.25) is 0 Å². The summed E-state index contributed by atoms with van der Waals surface area (Å²) in [7, 11) is 0. The Morgan fingerprint density at radius 1 is 1.29 bits per heavy atom. The van der Waals surface area contributed by atoms with Gasteiger partial charge in [0.25, 0.3) is 0 Å².